The Morgan fingerprint density at radius 3 is 2.11 bits per heavy atom. The summed E-state index contributed by atoms with van der Waals surface area (Å²) < 4.78 is 5.88. The van der Waals surface area contributed by atoms with Crippen LogP contribution >= 0.6 is 0 Å². The van der Waals surface area contributed by atoms with Gasteiger partial charge in [0.05, 0.1) is 12.2 Å². The first-order valence-electron chi connectivity index (χ1n) is 11.6. The fourth-order valence-corrected chi connectivity index (χ4v) is 4.35. The zero-order valence-corrected chi connectivity index (χ0v) is 17.8. The van der Waals surface area contributed by atoms with Gasteiger partial charge >= 0.3 is 0 Å². The van der Waals surface area contributed by atoms with Gasteiger partial charge in [-0.3, -0.25) is 0 Å². The molecule has 2 rings (SSSR count). The van der Waals surface area contributed by atoms with E-state index in [2.05, 4.69) is 26.0 Å². The van der Waals surface area contributed by atoms with Crippen LogP contribution in [0.25, 0.3) is 0 Å². The highest BCUT2D eigenvalue weighted by Crippen LogP contribution is 2.41. The zero-order chi connectivity index (χ0) is 19.4. The fourth-order valence-electron chi connectivity index (χ4n) is 4.35. The molecule has 0 heterocycles. The highest BCUT2D eigenvalue weighted by Gasteiger charge is 2.34. The Morgan fingerprint density at radius 1 is 0.852 bits per heavy atom. The number of unbranched alkanes of at least 4 members (excludes halogenated alkanes) is 7. The fraction of sp³-hybridized carbons (Fsp3) is 0.760. The molecule has 2 nitrogen and oxygen atoms in total. The van der Waals surface area contributed by atoms with E-state index in [1.807, 2.05) is 12.1 Å². The van der Waals surface area contributed by atoms with Gasteiger partial charge < -0.3 is 9.84 Å². The van der Waals surface area contributed by atoms with Crippen LogP contribution in [0.4, 0.5) is 0 Å². The van der Waals surface area contributed by atoms with Crippen molar-refractivity contribution in [1.82, 2.24) is 0 Å². The van der Waals surface area contributed by atoms with E-state index >= 15 is 0 Å². The standard InChI is InChI=1S/C25H42O2/c1-3-5-7-8-9-11-21-27-24-15-13-23(14-16-24)25(26)19-17-22(18-20-25)12-10-6-4-2/h13-16,22,26H,3-12,17-21H2,1-2H3. The molecule has 27 heavy (non-hydrogen) atoms. The van der Waals surface area contributed by atoms with Gasteiger partial charge in [-0.25, -0.2) is 0 Å². The van der Waals surface area contributed by atoms with E-state index in [1.54, 1.807) is 0 Å². The molecule has 0 saturated heterocycles. The Kier molecular flexibility index (Phi) is 10.3. The summed E-state index contributed by atoms with van der Waals surface area (Å²) in [5.41, 5.74) is 0.445. The van der Waals surface area contributed by atoms with Gasteiger partial charge in [0.15, 0.2) is 0 Å². The van der Waals surface area contributed by atoms with Crippen molar-refractivity contribution in [2.24, 2.45) is 5.92 Å². The van der Waals surface area contributed by atoms with Crippen LogP contribution in [-0.4, -0.2) is 11.7 Å². The van der Waals surface area contributed by atoms with Gasteiger partial charge in [-0.2, -0.15) is 0 Å². The second-order valence-corrected chi connectivity index (χ2v) is 8.61. The Bertz CT molecular complexity index is 486. The first kappa shape index (κ1) is 22.3. The number of aliphatic hydroxyl groups is 1. The van der Waals surface area contributed by atoms with E-state index < -0.39 is 5.60 Å². The molecular weight excluding hydrogens is 332 g/mol. The van der Waals surface area contributed by atoms with Gasteiger partial charge in [-0.1, -0.05) is 83.8 Å². The van der Waals surface area contributed by atoms with Crippen LogP contribution in [0, 0.1) is 5.92 Å². The van der Waals surface area contributed by atoms with Crippen molar-refractivity contribution in [1.29, 1.82) is 0 Å². The lowest BCUT2D eigenvalue weighted by Gasteiger charge is -2.36. The Labute approximate surface area is 167 Å². The lowest BCUT2D eigenvalue weighted by molar-refractivity contribution is -0.0154. The summed E-state index contributed by atoms with van der Waals surface area (Å²) in [5.74, 6) is 1.75. The Balaban J connectivity index is 1.70. The predicted octanol–water partition coefficient (Wildman–Crippen LogP) is 7.38. The summed E-state index contributed by atoms with van der Waals surface area (Å²) in [4.78, 5) is 0. The zero-order valence-electron chi connectivity index (χ0n) is 17.8. The van der Waals surface area contributed by atoms with Crippen molar-refractivity contribution in [3.8, 4) is 5.75 Å². The monoisotopic (exact) mass is 374 g/mol. The van der Waals surface area contributed by atoms with Gasteiger partial charge in [-0.15, -0.1) is 0 Å². The van der Waals surface area contributed by atoms with E-state index in [0.717, 1.165) is 55.9 Å². The molecule has 1 aliphatic carbocycles. The number of hydrogen-bond acceptors (Lipinski definition) is 2. The molecule has 1 fully saturated rings. The first-order valence-corrected chi connectivity index (χ1v) is 11.6. The second kappa shape index (κ2) is 12.4. The smallest absolute Gasteiger partial charge is 0.119 e. The minimum Gasteiger partial charge on any atom is -0.494 e. The number of hydrogen-bond donors (Lipinski definition) is 1. The Morgan fingerprint density at radius 2 is 1.44 bits per heavy atom. The van der Waals surface area contributed by atoms with Crippen LogP contribution in [0.2, 0.25) is 0 Å². The molecule has 1 aromatic rings. The number of ether oxygens (including phenoxy) is 1. The number of benzene rings is 1. The van der Waals surface area contributed by atoms with Crippen LogP contribution in [-0.2, 0) is 5.60 Å². The molecule has 0 aliphatic heterocycles. The molecule has 0 radical (unpaired) electrons. The van der Waals surface area contributed by atoms with E-state index in [4.69, 9.17) is 4.74 Å². The lowest BCUT2D eigenvalue weighted by Crippen LogP contribution is -2.31. The summed E-state index contributed by atoms with van der Waals surface area (Å²) in [6.07, 6.45) is 17.2. The third-order valence-electron chi connectivity index (χ3n) is 6.31. The quantitative estimate of drug-likeness (QED) is 0.365. The summed E-state index contributed by atoms with van der Waals surface area (Å²) in [7, 11) is 0. The van der Waals surface area contributed by atoms with E-state index in [0.29, 0.717) is 0 Å². The molecule has 1 N–H and O–H groups in total. The first-order chi connectivity index (χ1) is 13.2. The van der Waals surface area contributed by atoms with Gasteiger partial charge in [0.1, 0.15) is 5.75 Å². The molecule has 1 saturated carbocycles. The van der Waals surface area contributed by atoms with Crippen LogP contribution in [0.15, 0.2) is 24.3 Å². The van der Waals surface area contributed by atoms with Crippen molar-refractivity contribution in [2.45, 2.75) is 109 Å². The van der Waals surface area contributed by atoms with E-state index in [9.17, 15) is 5.11 Å². The summed E-state index contributed by atoms with van der Waals surface area (Å²) >= 11 is 0. The average Bonchev–Trinajstić information content (AvgIpc) is 2.69. The largest absolute Gasteiger partial charge is 0.494 e. The molecule has 2 heteroatoms. The van der Waals surface area contributed by atoms with Gasteiger partial charge in [0, 0.05) is 0 Å². The van der Waals surface area contributed by atoms with Crippen LogP contribution in [0.1, 0.15) is 109 Å². The maximum absolute atomic E-state index is 11.1. The van der Waals surface area contributed by atoms with Crippen LogP contribution in [0.5, 0.6) is 5.75 Å². The normalized spacial score (nSPS) is 22.7. The second-order valence-electron chi connectivity index (χ2n) is 8.61. The minimum atomic E-state index is -0.626. The minimum absolute atomic E-state index is 0.626. The van der Waals surface area contributed by atoms with Crippen molar-refractivity contribution >= 4 is 0 Å². The highest BCUT2D eigenvalue weighted by molar-refractivity contribution is 5.31. The third-order valence-corrected chi connectivity index (χ3v) is 6.31. The summed E-state index contributed by atoms with van der Waals surface area (Å²) in [6.45, 7) is 5.32. The van der Waals surface area contributed by atoms with Gasteiger partial charge in [0.2, 0.25) is 0 Å². The van der Waals surface area contributed by atoms with Gasteiger partial charge in [-0.05, 0) is 55.7 Å². The highest BCUT2D eigenvalue weighted by atomic mass is 16.5. The van der Waals surface area contributed by atoms with Crippen molar-refractivity contribution in [3.05, 3.63) is 29.8 Å². The van der Waals surface area contributed by atoms with E-state index in [-0.39, 0.29) is 0 Å². The molecule has 1 aliphatic rings. The van der Waals surface area contributed by atoms with Crippen LogP contribution < -0.4 is 4.74 Å². The summed E-state index contributed by atoms with van der Waals surface area (Å²) in [6, 6.07) is 8.23. The molecule has 0 amide bonds. The van der Waals surface area contributed by atoms with Crippen molar-refractivity contribution in [2.75, 3.05) is 6.61 Å². The lowest BCUT2D eigenvalue weighted by atomic mass is 9.74. The topological polar surface area (TPSA) is 29.5 Å². The molecule has 0 spiro atoms. The maximum atomic E-state index is 11.1. The van der Waals surface area contributed by atoms with E-state index in [1.165, 1.54) is 57.8 Å². The van der Waals surface area contributed by atoms with Gasteiger partial charge in [0.25, 0.3) is 0 Å². The molecule has 0 unspecified atom stereocenters. The summed E-state index contributed by atoms with van der Waals surface area (Å²) in [5, 5.41) is 11.1. The maximum Gasteiger partial charge on any atom is 0.119 e. The molecule has 1 aromatic carbocycles. The predicted molar refractivity (Wildman–Crippen MR) is 115 cm³/mol. The SMILES string of the molecule is CCCCCCCCOc1ccc(C2(O)CCC(CCCCC)CC2)cc1. The average molecular weight is 375 g/mol. The van der Waals surface area contributed by atoms with Crippen LogP contribution in [0.3, 0.4) is 0 Å². The Hall–Kier alpha value is -1.02. The third kappa shape index (κ3) is 7.86. The molecule has 0 aromatic heterocycles. The molecule has 0 atom stereocenters. The number of rotatable bonds is 13. The molecule has 0 bridgehead atoms. The van der Waals surface area contributed by atoms with Crippen molar-refractivity contribution in [3.63, 3.8) is 0 Å². The molecule has 154 valence electrons. The molecular formula is C25H42O2. The van der Waals surface area contributed by atoms with Crippen molar-refractivity contribution < 1.29 is 9.84 Å².